The van der Waals surface area contributed by atoms with Crippen LogP contribution >= 0.6 is 0 Å². The van der Waals surface area contributed by atoms with Crippen molar-refractivity contribution in [1.29, 1.82) is 0 Å². The molecule has 0 bridgehead atoms. The van der Waals surface area contributed by atoms with Gasteiger partial charge < -0.3 is 24.4 Å². The summed E-state index contributed by atoms with van der Waals surface area (Å²) >= 11 is 0. The number of piperidine rings is 1. The van der Waals surface area contributed by atoms with Crippen molar-refractivity contribution in [1.82, 2.24) is 10.2 Å². The highest BCUT2D eigenvalue weighted by Gasteiger charge is 2.43. The van der Waals surface area contributed by atoms with E-state index < -0.39 is 0 Å². The molecular weight excluding hydrogens is 420 g/mol. The number of hydrogen-bond donors (Lipinski definition) is 1. The molecule has 2 aromatic carbocycles. The number of hydrogen-bond acceptors (Lipinski definition) is 5. The summed E-state index contributed by atoms with van der Waals surface area (Å²) in [6, 6.07) is 17.0. The van der Waals surface area contributed by atoms with E-state index in [0.717, 1.165) is 50.1 Å². The zero-order valence-corrected chi connectivity index (χ0v) is 19.1. The lowest BCUT2D eigenvalue weighted by Crippen LogP contribution is -2.47. The summed E-state index contributed by atoms with van der Waals surface area (Å²) in [5.74, 6) is 1.37. The number of benzene rings is 2. The van der Waals surface area contributed by atoms with Crippen LogP contribution < -0.4 is 14.8 Å². The summed E-state index contributed by atoms with van der Waals surface area (Å²) < 4.78 is 17.0. The Hall–Kier alpha value is -3.06. The molecule has 2 aliphatic rings. The van der Waals surface area contributed by atoms with Crippen LogP contribution in [-0.2, 0) is 20.7 Å². The average molecular weight is 453 g/mol. The molecule has 7 nitrogen and oxygen atoms in total. The zero-order valence-electron chi connectivity index (χ0n) is 19.1. The first-order valence-electron chi connectivity index (χ1n) is 11.6. The van der Waals surface area contributed by atoms with Crippen LogP contribution in [0.4, 0.5) is 0 Å². The van der Waals surface area contributed by atoms with Crippen molar-refractivity contribution in [2.75, 3.05) is 33.4 Å². The molecule has 2 aromatic rings. The molecule has 1 atom stereocenters. The monoisotopic (exact) mass is 452 g/mol. The third-order valence-electron chi connectivity index (χ3n) is 6.52. The number of nitrogens with one attached hydrogen (secondary N) is 1. The van der Waals surface area contributed by atoms with Crippen LogP contribution in [0, 0.1) is 0 Å². The van der Waals surface area contributed by atoms with Crippen molar-refractivity contribution >= 4 is 11.8 Å². The quantitative estimate of drug-likeness (QED) is 0.666. The predicted octanol–water partition coefficient (Wildman–Crippen LogP) is 2.97. The molecule has 0 saturated carbocycles. The van der Waals surface area contributed by atoms with Crippen molar-refractivity contribution < 1.29 is 23.8 Å². The summed E-state index contributed by atoms with van der Waals surface area (Å²) in [6.45, 7) is 1.88. The van der Waals surface area contributed by atoms with Gasteiger partial charge in [0.25, 0.3) is 5.91 Å². The lowest BCUT2D eigenvalue weighted by molar-refractivity contribution is -0.137. The Morgan fingerprint density at radius 2 is 1.73 bits per heavy atom. The van der Waals surface area contributed by atoms with Crippen molar-refractivity contribution in [2.45, 2.75) is 43.8 Å². The van der Waals surface area contributed by atoms with E-state index in [2.05, 4.69) is 5.32 Å². The molecule has 2 aliphatic heterocycles. The lowest BCUT2D eigenvalue weighted by atomic mass is 9.88. The highest BCUT2D eigenvalue weighted by atomic mass is 16.5. The molecule has 0 aromatic heterocycles. The topological polar surface area (TPSA) is 77.1 Å². The second-order valence-corrected chi connectivity index (χ2v) is 8.77. The van der Waals surface area contributed by atoms with E-state index in [-0.39, 0.29) is 30.1 Å². The fourth-order valence-corrected chi connectivity index (χ4v) is 4.55. The number of carbonyl (C=O) groups excluding carboxylic acids is 2. The lowest BCUT2D eigenvalue weighted by Gasteiger charge is -2.39. The number of rotatable bonds is 8. The van der Waals surface area contributed by atoms with Gasteiger partial charge in [0, 0.05) is 19.6 Å². The summed E-state index contributed by atoms with van der Waals surface area (Å²) in [7, 11) is 1.60. The molecule has 33 heavy (non-hydrogen) atoms. The van der Waals surface area contributed by atoms with Crippen LogP contribution in [0.3, 0.4) is 0 Å². The maximum Gasteiger partial charge on any atom is 0.258 e. The van der Waals surface area contributed by atoms with Gasteiger partial charge in [-0.3, -0.25) is 9.59 Å². The molecule has 4 rings (SSSR count). The maximum atomic E-state index is 12.6. The van der Waals surface area contributed by atoms with E-state index in [0.29, 0.717) is 18.7 Å². The number of amides is 2. The van der Waals surface area contributed by atoms with Gasteiger partial charge in [-0.1, -0.05) is 30.3 Å². The summed E-state index contributed by atoms with van der Waals surface area (Å²) in [4.78, 5) is 26.8. The SMILES string of the molecule is COc1ccc(OCC(=O)NC[C@H]2CCC3(CCN(C(=O)Cc4ccccc4)CC3)O2)cc1. The largest absolute Gasteiger partial charge is 0.497 e. The highest BCUT2D eigenvalue weighted by molar-refractivity contribution is 5.79. The molecule has 2 amide bonds. The Kier molecular flexibility index (Phi) is 7.50. The minimum absolute atomic E-state index is 0.00140. The summed E-state index contributed by atoms with van der Waals surface area (Å²) in [5.41, 5.74) is 0.880. The third-order valence-corrected chi connectivity index (χ3v) is 6.52. The number of methoxy groups -OCH3 is 1. The minimum atomic E-state index is -0.170. The Balaban J connectivity index is 1.16. The fourth-order valence-electron chi connectivity index (χ4n) is 4.55. The van der Waals surface area contributed by atoms with Crippen molar-refractivity contribution in [3.63, 3.8) is 0 Å². The minimum Gasteiger partial charge on any atom is -0.497 e. The van der Waals surface area contributed by atoms with Gasteiger partial charge >= 0.3 is 0 Å². The van der Waals surface area contributed by atoms with E-state index >= 15 is 0 Å². The average Bonchev–Trinajstić information content (AvgIpc) is 3.25. The first-order valence-corrected chi connectivity index (χ1v) is 11.6. The van der Waals surface area contributed by atoms with Gasteiger partial charge in [0.2, 0.25) is 5.91 Å². The van der Waals surface area contributed by atoms with E-state index in [1.807, 2.05) is 35.2 Å². The van der Waals surface area contributed by atoms with E-state index in [1.165, 1.54) is 0 Å². The zero-order chi connectivity index (χ0) is 23.1. The number of ether oxygens (including phenoxy) is 3. The van der Waals surface area contributed by atoms with E-state index in [4.69, 9.17) is 14.2 Å². The van der Waals surface area contributed by atoms with Crippen LogP contribution in [0.1, 0.15) is 31.2 Å². The van der Waals surface area contributed by atoms with Crippen LogP contribution in [0.5, 0.6) is 11.5 Å². The van der Waals surface area contributed by atoms with Gasteiger partial charge in [-0.2, -0.15) is 0 Å². The molecule has 7 heteroatoms. The van der Waals surface area contributed by atoms with Gasteiger partial charge in [0.15, 0.2) is 6.61 Å². The van der Waals surface area contributed by atoms with Gasteiger partial charge in [0.1, 0.15) is 11.5 Å². The van der Waals surface area contributed by atoms with Gasteiger partial charge in [-0.25, -0.2) is 0 Å². The van der Waals surface area contributed by atoms with Crippen molar-refractivity contribution in [2.24, 2.45) is 0 Å². The Morgan fingerprint density at radius 1 is 1.03 bits per heavy atom. The first kappa shape index (κ1) is 23.1. The summed E-state index contributed by atoms with van der Waals surface area (Å²) in [5, 5.41) is 2.92. The molecule has 2 saturated heterocycles. The van der Waals surface area contributed by atoms with Gasteiger partial charge in [-0.05, 0) is 55.5 Å². The van der Waals surface area contributed by atoms with Crippen LogP contribution in [0.15, 0.2) is 54.6 Å². The van der Waals surface area contributed by atoms with E-state index in [1.54, 1.807) is 31.4 Å². The first-order chi connectivity index (χ1) is 16.0. The summed E-state index contributed by atoms with van der Waals surface area (Å²) in [6.07, 6.45) is 4.02. The number of likely N-dealkylation sites (tertiary alicyclic amines) is 1. The Labute approximate surface area is 195 Å². The third kappa shape index (κ3) is 6.26. The fraction of sp³-hybridized carbons (Fsp3) is 0.462. The maximum absolute atomic E-state index is 12.6. The molecule has 2 heterocycles. The molecule has 2 fully saturated rings. The predicted molar refractivity (Wildman–Crippen MR) is 124 cm³/mol. The molecule has 0 aliphatic carbocycles. The second kappa shape index (κ2) is 10.7. The van der Waals surface area contributed by atoms with E-state index in [9.17, 15) is 9.59 Å². The molecule has 1 spiro atoms. The Morgan fingerprint density at radius 3 is 2.42 bits per heavy atom. The molecule has 176 valence electrons. The highest BCUT2D eigenvalue weighted by Crippen LogP contribution is 2.38. The molecule has 0 radical (unpaired) electrons. The van der Waals surface area contributed by atoms with Gasteiger partial charge in [0.05, 0.1) is 25.2 Å². The second-order valence-electron chi connectivity index (χ2n) is 8.77. The van der Waals surface area contributed by atoms with Crippen molar-refractivity contribution in [3.05, 3.63) is 60.2 Å². The Bertz CT molecular complexity index is 923. The molecule has 1 N–H and O–H groups in total. The molecule has 0 unspecified atom stereocenters. The number of nitrogens with zero attached hydrogens (tertiary/aromatic N) is 1. The van der Waals surface area contributed by atoms with Gasteiger partial charge in [-0.15, -0.1) is 0 Å². The standard InChI is InChI=1S/C26H32N2O5/c1-31-21-7-9-22(10-8-21)32-19-24(29)27-18-23-11-12-26(33-23)13-15-28(16-14-26)25(30)17-20-5-3-2-4-6-20/h2-10,23H,11-19H2,1H3,(H,27,29)/t23-/m1/s1. The van der Waals surface area contributed by atoms with Crippen molar-refractivity contribution in [3.8, 4) is 11.5 Å². The number of carbonyl (C=O) groups is 2. The van der Waals surface area contributed by atoms with Crippen LogP contribution in [-0.4, -0.2) is 61.8 Å². The molecular formula is C26H32N2O5. The van der Waals surface area contributed by atoms with Crippen LogP contribution in [0.2, 0.25) is 0 Å². The smallest absolute Gasteiger partial charge is 0.258 e. The van der Waals surface area contributed by atoms with Crippen LogP contribution in [0.25, 0.3) is 0 Å². The normalized spacial score (nSPS) is 19.3.